The number of primary amides is 1. The maximum absolute atomic E-state index is 13.6. The number of hydrogen-bond acceptors (Lipinski definition) is 14. The number of cyclic esters (lactones) is 1. The van der Waals surface area contributed by atoms with Gasteiger partial charge in [-0.1, -0.05) is 133 Å². The number of likely N-dealkylation sites (tertiary alicyclic amines) is 1. The lowest BCUT2D eigenvalue weighted by Gasteiger charge is -2.29. The highest BCUT2D eigenvalue weighted by molar-refractivity contribution is 6.29. The van der Waals surface area contributed by atoms with E-state index in [0.717, 1.165) is 10.5 Å². The molecule has 0 aliphatic carbocycles. The quantitative estimate of drug-likeness (QED) is 0.00587. The number of allylic oxidation sites excluding steroid dienone is 8. The molecule has 480 valence electrons. The molecule has 23 heteroatoms. The summed E-state index contributed by atoms with van der Waals surface area (Å²) in [7, 11) is 0. The second-order valence-electron chi connectivity index (χ2n) is 23.1. The zero-order chi connectivity index (χ0) is 65.2. The molecule has 2 aliphatic heterocycles. The first-order chi connectivity index (χ1) is 41.0. The summed E-state index contributed by atoms with van der Waals surface area (Å²) in [5.41, 5.74) is 6.60. The molecule has 22 nitrogen and oxygen atoms in total. The molecule has 2 aliphatic rings. The molecule has 0 radical (unpaired) electrons. The van der Waals surface area contributed by atoms with Gasteiger partial charge in [-0.15, -0.1) is 0 Å². The first-order valence-corrected chi connectivity index (χ1v) is 29.9. The fourth-order valence-corrected chi connectivity index (χ4v) is 9.07. The minimum atomic E-state index is -0.919. The third kappa shape index (κ3) is 30.9. The summed E-state index contributed by atoms with van der Waals surface area (Å²) in [5, 5.41) is 16.5. The van der Waals surface area contributed by atoms with Gasteiger partial charge in [0.2, 0.25) is 29.5 Å². The number of ether oxygens (including phenoxy) is 3. The van der Waals surface area contributed by atoms with Crippen molar-refractivity contribution < 1.29 is 67.0 Å². The van der Waals surface area contributed by atoms with E-state index in [1.54, 1.807) is 71.1 Å². The number of nitrogens with one attached hydrogen (secondary N) is 6. The number of Topliss-reactive ketones (excluding diaryl/α,β-unsaturated/α-hetero) is 2. The van der Waals surface area contributed by atoms with Gasteiger partial charge in [0.1, 0.15) is 18.8 Å². The third-order valence-corrected chi connectivity index (χ3v) is 14.1. The van der Waals surface area contributed by atoms with Crippen LogP contribution in [-0.2, 0) is 52.6 Å². The molecular weight excluding hydrogens is 1140 g/mol. The number of nitrogens with zero attached hydrogens (tertiary/aromatic N) is 1. The minimum Gasteiger partial charge on any atom is -0.458 e. The summed E-state index contributed by atoms with van der Waals surface area (Å²) < 4.78 is 16.5. The molecule has 1 saturated heterocycles. The van der Waals surface area contributed by atoms with Gasteiger partial charge in [0.05, 0.1) is 12.1 Å². The van der Waals surface area contributed by atoms with Crippen LogP contribution >= 0.6 is 11.6 Å². The van der Waals surface area contributed by atoms with Gasteiger partial charge < -0.3 is 51.8 Å². The molecule has 0 saturated carbocycles. The Morgan fingerprint density at radius 3 is 2.18 bits per heavy atom. The van der Waals surface area contributed by atoms with Crippen molar-refractivity contribution in [1.82, 2.24) is 36.8 Å². The number of amides is 9. The van der Waals surface area contributed by atoms with E-state index in [2.05, 4.69) is 38.5 Å². The van der Waals surface area contributed by atoms with Gasteiger partial charge in [-0.05, 0) is 69.4 Å². The average Bonchev–Trinajstić information content (AvgIpc) is 2.98. The third-order valence-electron chi connectivity index (χ3n) is 14.0. The Labute approximate surface area is 517 Å². The van der Waals surface area contributed by atoms with Crippen LogP contribution < -0.4 is 37.6 Å². The first-order valence-electron chi connectivity index (χ1n) is 29.6. The molecule has 2 heterocycles. The number of alkyl carbamates (subject to hydrolysis) is 2. The second kappa shape index (κ2) is 39.7. The van der Waals surface area contributed by atoms with Crippen molar-refractivity contribution in [2.24, 2.45) is 34.8 Å². The summed E-state index contributed by atoms with van der Waals surface area (Å²) >= 11 is 6.09. The maximum Gasteiger partial charge on any atom is 0.407 e. The highest BCUT2D eigenvalue weighted by Gasteiger charge is 2.36. The Morgan fingerprint density at radius 1 is 0.885 bits per heavy atom. The molecule has 0 aromatic carbocycles. The SMILES string of the molecule is C=C/C(=C\C=C\NC(=O)[C@H](CCCNC(N)=O)CC(=O)[C@@H](NC(=O)CCCN1C(=O)CC(C)C1=O)C(C)C)COC(=O)NCCCNC(=O)O[C@H](C/C=C\CC(=O)[C@@H](NC(=O)\C=C/C=C\C(C)=C\[C@H](C)[C@@H]1CC=C(C)C(=O)O1)C(C)(C)C)C/C=C(\C)Cl. The molecular formula is C64H93ClN8O14. The van der Waals surface area contributed by atoms with Crippen LogP contribution in [0.15, 0.2) is 107 Å². The molecule has 87 heavy (non-hydrogen) atoms. The van der Waals surface area contributed by atoms with Crippen LogP contribution in [0.2, 0.25) is 0 Å². The molecule has 0 aromatic rings. The second-order valence-corrected chi connectivity index (χ2v) is 23.7. The standard InChI is InChI=1S/C64H93ClN8O14/c1-12-47(22-17-32-67-58(79)48(23-18-33-68-61(66)82)39-51(75)56(41(2)3)71-53(76)27-19-36-73-55(78)38-45(7)59(73)80)40-85-62(83)69-34-20-35-70-63(84)86-49(30-29-46(8)65)24-14-15-25-50(74)57(64(9,10)11)72-54(77)26-16-13-21-42(4)37-44(6)52-31-28-43(5)60(81)87-52/h12-17,21-22,26,28-29,32,37,41,44-45,48-49,52,56-57H,1,18-20,23-25,27,30-31,33-36,38-40H2,2-11H3,(H,67,79)(H,69,83)(H,70,84)(H,71,76)(H,72,77)(H3,66,68,82)/b15-14-,21-13-,26-16-,32-17+,42-37+,46-29+,47-22+/t44-,45?,48+,49+,52-,56-,57+/m0/s1. The van der Waals surface area contributed by atoms with Gasteiger partial charge in [-0.3, -0.25) is 38.5 Å². The highest BCUT2D eigenvalue weighted by Crippen LogP contribution is 2.24. The molecule has 1 unspecified atom stereocenters. The fraction of sp³-hybridized carbons (Fsp3) is 0.547. The van der Waals surface area contributed by atoms with Crippen LogP contribution in [0.3, 0.4) is 0 Å². The van der Waals surface area contributed by atoms with E-state index in [0.29, 0.717) is 41.9 Å². The van der Waals surface area contributed by atoms with Gasteiger partial charge in [-0.2, -0.15) is 0 Å². The van der Waals surface area contributed by atoms with Crippen molar-refractivity contribution in [1.29, 1.82) is 0 Å². The van der Waals surface area contributed by atoms with Crippen molar-refractivity contribution >= 4 is 76.9 Å². The normalized spacial score (nSPS) is 17.8. The van der Waals surface area contributed by atoms with Crippen LogP contribution in [-0.4, -0.2) is 127 Å². The van der Waals surface area contributed by atoms with Crippen LogP contribution in [0.5, 0.6) is 0 Å². The number of carbonyl (C=O) groups excluding carboxylic acids is 11. The minimum absolute atomic E-state index is 0.00712. The zero-order valence-electron chi connectivity index (χ0n) is 52.3. The Hall–Kier alpha value is -7.88. The first kappa shape index (κ1) is 75.2. The molecule has 8 N–H and O–H groups in total. The van der Waals surface area contributed by atoms with Gasteiger partial charge in [-0.25, -0.2) is 19.2 Å². The monoisotopic (exact) mass is 1230 g/mol. The fourth-order valence-electron chi connectivity index (χ4n) is 8.98. The molecule has 0 bridgehead atoms. The predicted octanol–water partition coefficient (Wildman–Crippen LogP) is 8.21. The van der Waals surface area contributed by atoms with E-state index in [-0.39, 0.29) is 125 Å². The Balaban J connectivity index is 1.85. The highest BCUT2D eigenvalue weighted by atomic mass is 35.5. The summed E-state index contributed by atoms with van der Waals surface area (Å²) in [5.74, 6) is -4.40. The number of halogens is 1. The van der Waals surface area contributed by atoms with Crippen molar-refractivity contribution in [3.8, 4) is 0 Å². The van der Waals surface area contributed by atoms with E-state index in [4.69, 9.17) is 31.5 Å². The van der Waals surface area contributed by atoms with Gasteiger partial charge in [0.15, 0.2) is 11.6 Å². The lowest BCUT2D eigenvalue weighted by molar-refractivity contribution is -0.147. The van der Waals surface area contributed by atoms with Gasteiger partial charge >= 0.3 is 24.2 Å². The van der Waals surface area contributed by atoms with Crippen LogP contribution in [0.1, 0.15) is 140 Å². The summed E-state index contributed by atoms with van der Waals surface area (Å²) in [4.78, 5) is 140. The number of urea groups is 1. The average molecular weight is 1230 g/mol. The van der Waals surface area contributed by atoms with Crippen molar-refractivity contribution in [3.63, 3.8) is 0 Å². The number of carbonyl (C=O) groups is 11. The lowest BCUT2D eigenvalue weighted by Crippen LogP contribution is -2.48. The van der Waals surface area contributed by atoms with Crippen molar-refractivity contribution in [3.05, 3.63) is 107 Å². The lowest BCUT2D eigenvalue weighted by atomic mass is 9.83. The topological polar surface area (TPSA) is 317 Å². The van der Waals surface area contributed by atoms with Crippen molar-refractivity contribution in [2.75, 3.05) is 32.8 Å². The Kier molecular flexibility index (Phi) is 34.4. The Bertz CT molecular complexity index is 2680. The van der Waals surface area contributed by atoms with Gasteiger partial charge in [0, 0.05) is 112 Å². The molecule has 7 atom stereocenters. The summed E-state index contributed by atoms with van der Waals surface area (Å²) in [6.07, 6.45) is 21.2. The Morgan fingerprint density at radius 2 is 1.56 bits per heavy atom. The smallest absolute Gasteiger partial charge is 0.407 e. The molecule has 1 fully saturated rings. The maximum atomic E-state index is 13.6. The zero-order valence-corrected chi connectivity index (χ0v) is 53.0. The van der Waals surface area contributed by atoms with E-state index < -0.39 is 71.4 Å². The number of imide groups is 1. The van der Waals surface area contributed by atoms with Gasteiger partial charge in [0.25, 0.3) is 0 Å². The molecule has 0 spiro atoms. The van der Waals surface area contributed by atoms with Crippen LogP contribution in [0, 0.1) is 29.1 Å². The number of rotatable bonds is 37. The van der Waals surface area contributed by atoms with E-state index in [9.17, 15) is 52.7 Å². The predicted molar refractivity (Wildman–Crippen MR) is 333 cm³/mol. The summed E-state index contributed by atoms with van der Waals surface area (Å²) in [6.45, 7) is 22.2. The number of hydrogen-bond donors (Lipinski definition) is 7. The summed E-state index contributed by atoms with van der Waals surface area (Å²) in [6, 6.07) is -2.46. The number of nitrogens with two attached hydrogens (primary N) is 1. The van der Waals surface area contributed by atoms with E-state index in [1.165, 1.54) is 24.4 Å². The van der Waals surface area contributed by atoms with Crippen LogP contribution in [0.4, 0.5) is 14.4 Å². The number of ketones is 2. The van der Waals surface area contributed by atoms with Crippen molar-refractivity contribution in [2.45, 2.75) is 164 Å². The molecule has 0 aromatic heterocycles. The largest absolute Gasteiger partial charge is 0.458 e. The molecule has 9 amide bonds. The van der Waals surface area contributed by atoms with E-state index >= 15 is 0 Å². The molecule has 2 rings (SSSR count). The van der Waals surface area contributed by atoms with Crippen LogP contribution in [0.25, 0.3) is 0 Å². The van der Waals surface area contributed by atoms with E-state index in [1.807, 2.05) is 52.8 Å². The number of esters is 1.